The number of nitrogens with zero attached hydrogens (tertiary/aromatic N) is 3. The molecule has 1 atom stereocenters. The van der Waals surface area contributed by atoms with Crippen molar-refractivity contribution in [3.63, 3.8) is 0 Å². The quantitative estimate of drug-likeness (QED) is 0.451. The van der Waals surface area contributed by atoms with Crippen LogP contribution in [0, 0.1) is 5.92 Å². The van der Waals surface area contributed by atoms with Crippen molar-refractivity contribution in [1.29, 1.82) is 0 Å². The minimum Gasteiger partial charge on any atom is -0.461 e. The second-order valence-corrected chi connectivity index (χ2v) is 9.96. The molecule has 30 heavy (non-hydrogen) atoms. The Morgan fingerprint density at radius 3 is 2.77 bits per heavy atom. The van der Waals surface area contributed by atoms with Gasteiger partial charge in [0.25, 0.3) is 0 Å². The zero-order valence-electron chi connectivity index (χ0n) is 17.4. The summed E-state index contributed by atoms with van der Waals surface area (Å²) in [5.41, 5.74) is 0. The second kappa shape index (κ2) is 9.83. The highest BCUT2D eigenvalue weighted by atomic mass is 32.2. The van der Waals surface area contributed by atoms with Crippen LogP contribution in [0.15, 0.2) is 45.5 Å². The van der Waals surface area contributed by atoms with Crippen LogP contribution in [-0.2, 0) is 4.79 Å². The summed E-state index contributed by atoms with van der Waals surface area (Å²) in [6.45, 7) is 4.26. The molecule has 3 aromatic heterocycles. The van der Waals surface area contributed by atoms with Gasteiger partial charge in [0.2, 0.25) is 11.7 Å². The Morgan fingerprint density at radius 1 is 1.27 bits per heavy atom. The van der Waals surface area contributed by atoms with Crippen molar-refractivity contribution in [2.24, 2.45) is 5.92 Å². The summed E-state index contributed by atoms with van der Waals surface area (Å²) in [6.07, 6.45) is 7.58. The Labute approximate surface area is 185 Å². The van der Waals surface area contributed by atoms with E-state index in [1.54, 1.807) is 17.6 Å². The van der Waals surface area contributed by atoms with Gasteiger partial charge < -0.3 is 9.73 Å². The van der Waals surface area contributed by atoms with E-state index < -0.39 is 0 Å². The van der Waals surface area contributed by atoms with Crippen molar-refractivity contribution >= 4 is 29.0 Å². The molecule has 0 radical (unpaired) electrons. The number of rotatable bonds is 8. The SMILES string of the molecule is CC(C)C(NC(=O)CSc1nnc(-c2ccco2)n1C1CCCCC1)c1cccs1. The topological polar surface area (TPSA) is 73.0 Å². The minimum absolute atomic E-state index is 0.0184. The standard InChI is InChI=1S/C22H28N4O2S2/c1-15(2)20(18-11-7-13-29-18)23-19(27)14-30-22-25-24-21(17-10-6-12-28-17)26(22)16-8-4-3-5-9-16/h6-7,10-13,15-16,20H,3-5,8-9,14H2,1-2H3,(H,23,27). The van der Waals surface area contributed by atoms with Crippen LogP contribution in [0.1, 0.15) is 62.9 Å². The number of carbonyl (C=O) groups excluding carboxylic acids is 1. The Kier molecular flexibility index (Phi) is 6.94. The van der Waals surface area contributed by atoms with Gasteiger partial charge in [-0.2, -0.15) is 0 Å². The first kappa shape index (κ1) is 21.2. The molecule has 3 aromatic rings. The molecule has 1 unspecified atom stereocenters. The lowest BCUT2D eigenvalue weighted by atomic mass is 9.95. The van der Waals surface area contributed by atoms with E-state index in [4.69, 9.17) is 4.42 Å². The molecule has 0 aromatic carbocycles. The molecule has 160 valence electrons. The van der Waals surface area contributed by atoms with Gasteiger partial charge in [-0.25, -0.2) is 0 Å². The minimum atomic E-state index is 0.0184. The lowest BCUT2D eigenvalue weighted by Gasteiger charge is -2.25. The fourth-order valence-electron chi connectivity index (χ4n) is 4.00. The summed E-state index contributed by atoms with van der Waals surface area (Å²) in [5, 5.41) is 14.9. The van der Waals surface area contributed by atoms with Crippen LogP contribution < -0.4 is 5.32 Å². The largest absolute Gasteiger partial charge is 0.461 e. The van der Waals surface area contributed by atoms with Crippen molar-refractivity contribution in [3.8, 4) is 11.6 Å². The van der Waals surface area contributed by atoms with Crippen LogP contribution in [0.25, 0.3) is 11.6 Å². The lowest BCUT2D eigenvalue weighted by molar-refractivity contribution is -0.119. The highest BCUT2D eigenvalue weighted by Gasteiger charge is 2.26. The van der Waals surface area contributed by atoms with Crippen LogP contribution in [-0.4, -0.2) is 26.4 Å². The first-order valence-corrected chi connectivity index (χ1v) is 12.4. The molecule has 1 saturated carbocycles. The number of hydrogen-bond acceptors (Lipinski definition) is 6. The van der Waals surface area contributed by atoms with E-state index in [0.717, 1.165) is 29.6 Å². The fourth-order valence-corrected chi connectivity index (χ4v) is 5.76. The van der Waals surface area contributed by atoms with Crippen LogP contribution in [0.3, 0.4) is 0 Å². The third-order valence-electron chi connectivity index (χ3n) is 5.51. The smallest absolute Gasteiger partial charge is 0.230 e. The molecular weight excluding hydrogens is 416 g/mol. The monoisotopic (exact) mass is 444 g/mol. The van der Waals surface area contributed by atoms with Crippen molar-refractivity contribution in [2.45, 2.75) is 63.2 Å². The van der Waals surface area contributed by atoms with Gasteiger partial charge in [-0.15, -0.1) is 21.5 Å². The molecule has 1 aliphatic rings. The first-order valence-electron chi connectivity index (χ1n) is 10.6. The number of thioether (sulfide) groups is 1. The average Bonchev–Trinajstić information content (AvgIpc) is 3.52. The van der Waals surface area contributed by atoms with Gasteiger partial charge in [-0.05, 0) is 42.3 Å². The zero-order valence-corrected chi connectivity index (χ0v) is 19.0. The van der Waals surface area contributed by atoms with Gasteiger partial charge in [0.1, 0.15) is 0 Å². The molecule has 0 bridgehead atoms. The second-order valence-electron chi connectivity index (χ2n) is 8.04. The highest BCUT2D eigenvalue weighted by molar-refractivity contribution is 7.99. The third kappa shape index (κ3) is 4.81. The summed E-state index contributed by atoms with van der Waals surface area (Å²) in [6, 6.07) is 8.28. The van der Waals surface area contributed by atoms with Gasteiger partial charge >= 0.3 is 0 Å². The number of amides is 1. The van der Waals surface area contributed by atoms with Crippen molar-refractivity contribution in [2.75, 3.05) is 5.75 Å². The van der Waals surface area contributed by atoms with Gasteiger partial charge in [0, 0.05) is 10.9 Å². The molecule has 1 fully saturated rings. The van der Waals surface area contributed by atoms with Crippen LogP contribution in [0.5, 0.6) is 0 Å². The predicted octanol–water partition coefficient (Wildman–Crippen LogP) is 5.71. The highest BCUT2D eigenvalue weighted by Crippen LogP contribution is 2.35. The fraction of sp³-hybridized carbons (Fsp3) is 0.500. The third-order valence-corrected chi connectivity index (χ3v) is 7.41. The van der Waals surface area contributed by atoms with Gasteiger partial charge in [-0.3, -0.25) is 9.36 Å². The van der Waals surface area contributed by atoms with E-state index in [1.807, 2.05) is 18.2 Å². The van der Waals surface area contributed by atoms with Gasteiger partial charge in [0.15, 0.2) is 10.9 Å². The van der Waals surface area contributed by atoms with Crippen molar-refractivity contribution in [3.05, 3.63) is 40.8 Å². The molecular formula is C22H28N4O2S2. The van der Waals surface area contributed by atoms with E-state index in [0.29, 0.717) is 17.7 Å². The normalized spacial score (nSPS) is 16.1. The van der Waals surface area contributed by atoms with Crippen molar-refractivity contribution in [1.82, 2.24) is 20.1 Å². The Hall–Kier alpha value is -2.06. The Balaban J connectivity index is 1.48. The number of aromatic nitrogens is 3. The zero-order chi connectivity index (χ0) is 20.9. The maximum Gasteiger partial charge on any atom is 0.230 e. The maximum atomic E-state index is 12.7. The number of carbonyl (C=O) groups is 1. The number of hydrogen-bond donors (Lipinski definition) is 1. The van der Waals surface area contributed by atoms with E-state index in [2.05, 4.69) is 45.4 Å². The van der Waals surface area contributed by atoms with Crippen molar-refractivity contribution < 1.29 is 9.21 Å². The Bertz CT molecular complexity index is 929. The maximum absolute atomic E-state index is 12.7. The van der Waals surface area contributed by atoms with E-state index in [1.165, 1.54) is 35.9 Å². The number of thiophene rings is 1. The van der Waals surface area contributed by atoms with E-state index in [9.17, 15) is 4.79 Å². The van der Waals surface area contributed by atoms with Crippen LogP contribution >= 0.6 is 23.1 Å². The molecule has 0 aliphatic heterocycles. The first-order chi connectivity index (χ1) is 14.6. The molecule has 1 N–H and O–H groups in total. The van der Waals surface area contributed by atoms with E-state index >= 15 is 0 Å². The molecule has 1 aliphatic carbocycles. The average molecular weight is 445 g/mol. The van der Waals surface area contributed by atoms with Gasteiger partial charge in [0.05, 0.1) is 18.1 Å². The summed E-state index contributed by atoms with van der Waals surface area (Å²) in [4.78, 5) is 13.9. The number of furan rings is 1. The molecule has 1 amide bonds. The molecule has 4 rings (SSSR count). The summed E-state index contributed by atoms with van der Waals surface area (Å²) in [5.74, 6) is 2.15. The van der Waals surface area contributed by atoms with E-state index in [-0.39, 0.29) is 11.9 Å². The molecule has 0 saturated heterocycles. The van der Waals surface area contributed by atoms with Crippen LogP contribution in [0.4, 0.5) is 0 Å². The lowest BCUT2D eigenvalue weighted by Crippen LogP contribution is -2.32. The molecule has 6 nitrogen and oxygen atoms in total. The molecule has 8 heteroatoms. The Morgan fingerprint density at radius 2 is 2.10 bits per heavy atom. The van der Waals surface area contributed by atoms with Gasteiger partial charge in [-0.1, -0.05) is 50.9 Å². The summed E-state index contributed by atoms with van der Waals surface area (Å²) >= 11 is 3.14. The predicted molar refractivity (Wildman–Crippen MR) is 121 cm³/mol. The van der Waals surface area contributed by atoms with Crippen LogP contribution in [0.2, 0.25) is 0 Å². The number of nitrogens with one attached hydrogen (secondary N) is 1. The summed E-state index contributed by atoms with van der Waals surface area (Å²) in [7, 11) is 0. The molecule has 0 spiro atoms. The summed E-state index contributed by atoms with van der Waals surface area (Å²) < 4.78 is 7.79. The molecule has 3 heterocycles.